The van der Waals surface area contributed by atoms with Gasteiger partial charge in [0.2, 0.25) is 5.89 Å². The summed E-state index contributed by atoms with van der Waals surface area (Å²) < 4.78 is 34.4. The van der Waals surface area contributed by atoms with Crippen LogP contribution in [0, 0.1) is 13.8 Å². The van der Waals surface area contributed by atoms with Crippen LogP contribution in [0.15, 0.2) is 33.6 Å². The number of halogens is 1. The summed E-state index contributed by atoms with van der Waals surface area (Å²) in [5, 5.41) is 8.57. The van der Waals surface area contributed by atoms with Crippen molar-refractivity contribution in [1.82, 2.24) is 15.2 Å². The molecule has 136 valence electrons. The summed E-state index contributed by atoms with van der Waals surface area (Å²) in [6, 6.07) is 6.53. The van der Waals surface area contributed by atoms with Crippen LogP contribution in [0.1, 0.15) is 36.0 Å². The summed E-state index contributed by atoms with van der Waals surface area (Å²) in [6.07, 6.45) is 2.04. The number of sulfonamides is 1. The molecule has 2 heterocycles. The second-order valence-corrected chi connectivity index (χ2v) is 8.47. The highest BCUT2D eigenvalue weighted by atomic mass is 35.5. The number of aromatic amines is 1. The highest BCUT2D eigenvalue weighted by molar-refractivity contribution is 7.93. The lowest BCUT2D eigenvalue weighted by Gasteiger charge is -2.09. The molecule has 7 nitrogen and oxygen atoms in total. The Morgan fingerprint density at radius 3 is 2.69 bits per heavy atom. The van der Waals surface area contributed by atoms with Crippen molar-refractivity contribution in [2.45, 2.75) is 37.5 Å². The molecule has 2 N–H and O–H groups in total. The second-order valence-electron chi connectivity index (χ2n) is 6.41. The minimum Gasteiger partial charge on any atom is -0.420 e. The van der Waals surface area contributed by atoms with Gasteiger partial charge in [-0.15, -0.1) is 10.2 Å². The molecule has 0 radical (unpaired) electrons. The van der Waals surface area contributed by atoms with E-state index in [1.54, 1.807) is 38.1 Å². The third-order valence-corrected chi connectivity index (χ3v) is 6.03. The summed E-state index contributed by atoms with van der Waals surface area (Å²) in [5.41, 5.74) is 1.93. The number of aromatic nitrogens is 3. The highest BCUT2D eigenvalue weighted by Crippen LogP contribution is 2.41. The van der Waals surface area contributed by atoms with Crippen molar-refractivity contribution in [3.8, 4) is 11.5 Å². The molecule has 0 bridgehead atoms. The van der Waals surface area contributed by atoms with E-state index in [1.165, 1.54) is 0 Å². The zero-order valence-corrected chi connectivity index (χ0v) is 15.8. The molecule has 1 aliphatic carbocycles. The fraction of sp³-hybridized carbons (Fsp3) is 0.294. The predicted octanol–water partition coefficient (Wildman–Crippen LogP) is 4.01. The van der Waals surface area contributed by atoms with E-state index in [0.29, 0.717) is 39.5 Å². The Labute approximate surface area is 155 Å². The van der Waals surface area contributed by atoms with Gasteiger partial charge in [0.25, 0.3) is 15.9 Å². The van der Waals surface area contributed by atoms with Crippen LogP contribution < -0.4 is 4.72 Å². The number of H-pyrrole nitrogens is 1. The zero-order chi connectivity index (χ0) is 18.5. The fourth-order valence-corrected chi connectivity index (χ4v) is 4.63. The number of anilines is 1. The van der Waals surface area contributed by atoms with Crippen LogP contribution in [0.5, 0.6) is 0 Å². The van der Waals surface area contributed by atoms with Crippen LogP contribution in [0.4, 0.5) is 5.69 Å². The molecule has 0 spiro atoms. The third kappa shape index (κ3) is 3.10. The Morgan fingerprint density at radius 1 is 1.23 bits per heavy atom. The maximum atomic E-state index is 13.0. The average molecular weight is 393 g/mol. The van der Waals surface area contributed by atoms with E-state index in [0.717, 1.165) is 12.8 Å². The summed E-state index contributed by atoms with van der Waals surface area (Å²) in [7, 11) is -3.88. The normalized spacial score (nSPS) is 14.6. The van der Waals surface area contributed by atoms with E-state index in [1.807, 2.05) is 0 Å². The van der Waals surface area contributed by atoms with Crippen molar-refractivity contribution >= 4 is 27.3 Å². The Hall–Kier alpha value is -2.32. The predicted molar refractivity (Wildman–Crippen MR) is 97.8 cm³/mol. The summed E-state index contributed by atoms with van der Waals surface area (Å²) >= 11 is 5.95. The standard InChI is InChI=1S/C17H17ClN4O3S/c1-9-14(17-21-20-16(25-17)11-6-7-11)15(10(2)19-9)26(23,24)22-13-5-3-4-12(18)8-13/h3-5,8,11,19,22H,6-7H2,1-2H3. The van der Waals surface area contributed by atoms with Crippen molar-refractivity contribution in [2.24, 2.45) is 0 Å². The van der Waals surface area contributed by atoms with E-state index in [9.17, 15) is 8.42 Å². The quantitative estimate of drug-likeness (QED) is 0.683. The number of nitrogens with one attached hydrogen (secondary N) is 2. The largest absolute Gasteiger partial charge is 0.420 e. The van der Waals surface area contributed by atoms with Gasteiger partial charge in [0.05, 0.1) is 11.3 Å². The van der Waals surface area contributed by atoms with Crippen molar-refractivity contribution in [2.75, 3.05) is 4.72 Å². The maximum Gasteiger partial charge on any atom is 0.264 e. The minimum absolute atomic E-state index is 0.0981. The van der Waals surface area contributed by atoms with Gasteiger partial charge in [0.15, 0.2) is 0 Å². The monoisotopic (exact) mass is 392 g/mol. The van der Waals surface area contributed by atoms with E-state index < -0.39 is 10.0 Å². The molecule has 0 aliphatic heterocycles. The molecule has 1 aromatic carbocycles. The lowest BCUT2D eigenvalue weighted by atomic mass is 10.2. The number of benzene rings is 1. The first-order valence-electron chi connectivity index (χ1n) is 8.16. The Morgan fingerprint density at radius 2 is 2.00 bits per heavy atom. The van der Waals surface area contributed by atoms with Crippen LogP contribution >= 0.6 is 11.6 Å². The van der Waals surface area contributed by atoms with Gasteiger partial charge in [-0.2, -0.15) is 0 Å². The molecule has 0 unspecified atom stereocenters. The number of hydrogen-bond donors (Lipinski definition) is 2. The third-order valence-electron chi connectivity index (χ3n) is 4.24. The summed E-state index contributed by atoms with van der Waals surface area (Å²) in [5.74, 6) is 1.06. The molecular weight excluding hydrogens is 376 g/mol. The molecule has 3 aromatic rings. The molecule has 1 aliphatic rings. The van der Waals surface area contributed by atoms with E-state index in [2.05, 4.69) is 19.9 Å². The van der Waals surface area contributed by atoms with Gasteiger partial charge in [-0.05, 0) is 44.9 Å². The minimum atomic E-state index is -3.88. The van der Waals surface area contributed by atoms with Crippen LogP contribution in [0.3, 0.4) is 0 Å². The van der Waals surface area contributed by atoms with E-state index >= 15 is 0 Å². The smallest absolute Gasteiger partial charge is 0.264 e. The average Bonchev–Trinajstić information content (AvgIpc) is 3.20. The van der Waals surface area contributed by atoms with Gasteiger partial charge in [-0.3, -0.25) is 4.72 Å². The Kier molecular flexibility index (Phi) is 4.04. The first-order chi connectivity index (χ1) is 12.3. The topological polar surface area (TPSA) is 101 Å². The van der Waals surface area contributed by atoms with E-state index in [4.69, 9.17) is 16.0 Å². The number of rotatable bonds is 5. The molecule has 1 fully saturated rings. The fourth-order valence-electron chi connectivity index (χ4n) is 2.94. The molecule has 0 atom stereocenters. The zero-order valence-electron chi connectivity index (χ0n) is 14.2. The second kappa shape index (κ2) is 6.14. The number of nitrogens with zero attached hydrogens (tertiary/aromatic N) is 2. The molecule has 26 heavy (non-hydrogen) atoms. The number of aryl methyl sites for hydroxylation is 2. The summed E-state index contributed by atoms with van der Waals surface area (Å²) in [4.78, 5) is 3.16. The number of hydrogen-bond acceptors (Lipinski definition) is 5. The van der Waals surface area contributed by atoms with Gasteiger partial charge in [-0.25, -0.2) is 8.42 Å². The van der Waals surface area contributed by atoms with Crippen molar-refractivity contribution in [3.05, 3.63) is 46.6 Å². The van der Waals surface area contributed by atoms with Gasteiger partial charge >= 0.3 is 0 Å². The first kappa shape index (κ1) is 17.1. The lowest BCUT2D eigenvalue weighted by Crippen LogP contribution is -2.14. The molecule has 0 saturated heterocycles. The van der Waals surface area contributed by atoms with Crippen molar-refractivity contribution < 1.29 is 12.8 Å². The molecule has 1 saturated carbocycles. The van der Waals surface area contributed by atoms with Crippen molar-refractivity contribution in [3.63, 3.8) is 0 Å². The van der Waals surface area contributed by atoms with Crippen LogP contribution in [0.2, 0.25) is 5.02 Å². The van der Waals surface area contributed by atoms with Crippen LogP contribution in [0.25, 0.3) is 11.5 Å². The summed E-state index contributed by atoms with van der Waals surface area (Å²) in [6.45, 7) is 3.48. The van der Waals surface area contributed by atoms with Gasteiger partial charge in [-0.1, -0.05) is 17.7 Å². The molecular formula is C17H17ClN4O3S. The molecule has 0 amide bonds. The highest BCUT2D eigenvalue weighted by Gasteiger charge is 2.33. The Balaban J connectivity index is 1.77. The van der Waals surface area contributed by atoms with Gasteiger partial charge in [0.1, 0.15) is 4.90 Å². The van der Waals surface area contributed by atoms with Crippen LogP contribution in [-0.2, 0) is 10.0 Å². The van der Waals surface area contributed by atoms with E-state index in [-0.39, 0.29) is 10.8 Å². The molecule has 2 aromatic heterocycles. The molecule has 4 rings (SSSR count). The van der Waals surface area contributed by atoms with Crippen LogP contribution in [-0.4, -0.2) is 23.6 Å². The first-order valence-corrected chi connectivity index (χ1v) is 10.0. The maximum absolute atomic E-state index is 13.0. The Bertz CT molecular complexity index is 1080. The SMILES string of the molecule is Cc1[nH]c(C)c(S(=O)(=O)Nc2cccc(Cl)c2)c1-c1nnc(C2CC2)o1. The van der Waals surface area contributed by atoms with Crippen molar-refractivity contribution in [1.29, 1.82) is 0 Å². The lowest BCUT2D eigenvalue weighted by molar-refractivity contribution is 0.507. The van der Waals surface area contributed by atoms with Gasteiger partial charge in [0, 0.05) is 22.3 Å². The molecule has 9 heteroatoms. The van der Waals surface area contributed by atoms with Gasteiger partial charge < -0.3 is 9.40 Å².